The molecule has 0 saturated heterocycles. The molecule has 1 aromatic rings. The predicted molar refractivity (Wildman–Crippen MR) is 480 cm³/mol. The molecule has 0 fully saturated rings. The van der Waals surface area contributed by atoms with Crippen LogP contribution in [0.5, 0.6) is 5.75 Å². The van der Waals surface area contributed by atoms with Gasteiger partial charge in [0.2, 0.25) is 23.6 Å². The second-order valence-electron chi connectivity index (χ2n) is 32.7. The Bertz CT molecular complexity index is 2730. The van der Waals surface area contributed by atoms with Gasteiger partial charge >= 0.3 is 27.1 Å². The van der Waals surface area contributed by atoms with E-state index >= 15 is 0 Å². The topological polar surface area (TPSA) is 313 Å². The number of phenols is 1. The summed E-state index contributed by atoms with van der Waals surface area (Å²) in [7, 11) is -7.81. The molecule has 119 heavy (non-hydrogen) atoms. The number of rotatable bonds is 86. The number of aromatic hydroxyl groups is 1. The Morgan fingerprint density at radius 1 is 0.370 bits per heavy atom. The van der Waals surface area contributed by atoms with E-state index in [1.54, 1.807) is 12.1 Å². The molecule has 0 bridgehead atoms. The highest BCUT2D eigenvalue weighted by atomic mass is 31.2. The fraction of sp³-hybridized carbons (Fsp3) is 0.809. The molecule has 6 atom stereocenters. The number of ether oxygens (including phenoxy) is 4. The Labute approximate surface area is 720 Å². The molecule has 23 nitrogen and oxygen atoms in total. The highest BCUT2D eigenvalue weighted by Gasteiger charge is 2.30. The number of carbonyl (C=O) groups is 8. The number of unbranched alkanes of at least 4 members (excludes halogenated alkanes) is 34. The van der Waals surface area contributed by atoms with Gasteiger partial charge in [0.15, 0.2) is 0 Å². The second-order valence-corrected chi connectivity index (χ2v) is 36.8. The molecule has 0 aliphatic heterocycles. The van der Waals surface area contributed by atoms with Crippen LogP contribution < -0.4 is 21.3 Å². The van der Waals surface area contributed by atoms with E-state index in [-0.39, 0.29) is 140 Å². The summed E-state index contributed by atoms with van der Waals surface area (Å²) in [5, 5.41) is 21.1. The number of amides is 4. The Morgan fingerprint density at radius 3 is 1.04 bits per heavy atom. The van der Waals surface area contributed by atoms with E-state index in [0.29, 0.717) is 69.8 Å². The minimum absolute atomic E-state index is 0.0216. The van der Waals surface area contributed by atoms with Gasteiger partial charge in [-0.25, -0.2) is 0 Å². The van der Waals surface area contributed by atoms with Crippen LogP contribution in [0.1, 0.15) is 381 Å². The number of phenolic OH excluding ortho intramolecular Hbond substituents is 1. The number of ketones is 2. The molecule has 4 amide bonds. The van der Waals surface area contributed by atoms with Gasteiger partial charge in [-0.2, -0.15) is 0 Å². The summed E-state index contributed by atoms with van der Waals surface area (Å²) in [6, 6.07) is 4.28. The molecule has 1 aromatic carbocycles. The zero-order chi connectivity index (χ0) is 87.4. The number of carbonyl (C=O) groups excluding carboxylic acids is 8. The number of Topliss-reactive ketones (excluding diaryl/α,β-unsaturated/α-hetero) is 2. The van der Waals surface area contributed by atoms with Crippen molar-refractivity contribution >= 4 is 62.3 Å². The van der Waals surface area contributed by atoms with Crippen molar-refractivity contribution in [3.63, 3.8) is 0 Å². The molecule has 1 rings (SSSR count). The predicted octanol–water partition coefficient (Wildman–Crippen LogP) is 22.0. The highest BCUT2D eigenvalue weighted by molar-refractivity contribution is 7.53. The van der Waals surface area contributed by atoms with E-state index in [1.807, 2.05) is 0 Å². The Hall–Kier alpha value is -5.12. The van der Waals surface area contributed by atoms with Crippen LogP contribution in [-0.4, -0.2) is 156 Å². The SMILES string of the molecule is CCCCCC/C=C\CCCC(=O)OC(CCCCCCC)CCOCC(COP(C)(=O)OCCNC(=O)C(Cc1ccc(O)cc1)C(=O)NCCOP(C)(=O)OCC(COCCC(CCCCCCC)OC(=O)CCC/C=C\CCCCCC)NC(=O)CC(=O)CCCCCCCCCCC)NC(=O)CC(=O)CCCCCCCCCCC. The lowest BCUT2D eigenvalue weighted by Crippen LogP contribution is -2.44. The van der Waals surface area contributed by atoms with E-state index in [9.17, 15) is 52.6 Å². The Balaban J connectivity index is 3.17. The lowest BCUT2D eigenvalue weighted by atomic mass is 9.97. The van der Waals surface area contributed by atoms with Crippen LogP contribution in [0, 0.1) is 5.92 Å². The van der Waals surface area contributed by atoms with Crippen molar-refractivity contribution < 1.29 is 89.6 Å². The molecule has 6 unspecified atom stereocenters. The fourth-order valence-electron chi connectivity index (χ4n) is 13.8. The van der Waals surface area contributed by atoms with Gasteiger partial charge in [-0.05, 0) is 114 Å². The molecular formula is C94H168N4O19P2. The van der Waals surface area contributed by atoms with E-state index in [0.717, 1.165) is 128 Å². The quantitative estimate of drug-likeness (QED) is 0.0133. The number of esters is 2. The van der Waals surface area contributed by atoms with Crippen molar-refractivity contribution in [1.29, 1.82) is 0 Å². The molecule has 0 aliphatic rings. The highest BCUT2D eigenvalue weighted by Crippen LogP contribution is 2.44. The third kappa shape index (κ3) is 69.9. The monoisotopic (exact) mass is 1720 g/mol. The van der Waals surface area contributed by atoms with Crippen molar-refractivity contribution in [3.8, 4) is 5.75 Å². The Kier molecular flexibility index (Phi) is 73.0. The molecule has 0 radical (unpaired) electrons. The van der Waals surface area contributed by atoms with E-state index in [1.165, 1.54) is 141 Å². The lowest BCUT2D eigenvalue weighted by Gasteiger charge is -2.23. The van der Waals surface area contributed by atoms with Gasteiger partial charge < -0.3 is 63.4 Å². The van der Waals surface area contributed by atoms with Crippen LogP contribution in [-0.2, 0) is 90.9 Å². The van der Waals surface area contributed by atoms with Crippen molar-refractivity contribution in [2.24, 2.45) is 5.92 Å². The minimum Gasteiger partial charge on any atom is -0.508 e. The van der Waals surface area contributed by atoms with Crippen LogP contribution in [0.2, 0.25) is 0 Å². The summed E-state index contributed by atoms with van der Waals surface area (Å²) in [6.45, 7) is 14.1. The molecule has 0 saturated carbocycles. The Morgan fingerprint density at radius 2 is 0.689 bits per heavy atom. The largest absolute Gasteiger partial charge is 0.508 e. The van der Waals surface area contributed by atoms with Gasteiger partial charge in [0, 0.05) is 64.9 Å². The number of benzene rings is 1. The normalized spacial score (nSPS) is 13.9. The molecular weight excluding hydrogens is 1550 g/mol. The molecule has 25 heteroatoms. The first-order valence-electron chi connectivity index (χ1n) is 47.1. The third-order valence-electron chi connectivity index (χ3n) is 21.0. The summed E-state index contributed by atoms with van der Waals surface area (Å²) in [5.41, 5.74) is 0.545. The van der Waals surface area contributed by atoms with Crippen LogP contribution >= 0.6 is 15.2 Å². The number of hydrogen-bond donors (Lipinski definition) is 5. The first kappa shape index (κ1) is 112. The van der Waals surface area contributed by atoms with Crippen LogP contribution in [0.3, 0.4) is 0 Å². The molecule has 0 spiro atoms. The first-order valence-corrected chi connectivity index (χ1v) is 51.1. The van der Waals surface area contributed by atoms with Crippen LogP contribution in [0.25, 0.3) is 0 Å². The summed E-state index contributed by atoms with van der Waals surface area (Å²) >= 11 is 0. The average Bonchev–Trinajstić information content (AvgIpc) is 0.860. The minimum atomic E-state index is -3.91. The fourth-order valence-corrected chi connectivity index (χ4v) is 15.7. The van der Waals surface area contributed by atoms with E-state index in [2.05, 4.69) is 87.1 Å². The smallest absolute Gasteiger partial charge is 0.327 e. The maximum absolute atomic E-state index is 14.0. The van der Waals surface area contributed by atoms with Gasteiger partial charge in [-0.1, -0.05) is 271 Å². The van der Waals surface area contributed by atoms with E-state index < -0.39 is 56.8 Å². The standard InChI is InChI=1S/C94H168N4O19P2/c1-9-15-21-27-31-35-39-45-49-55-84(100)74-89(102)97-81(76-110-69-65-86(57-51-43-25-19-13-5)116-91(104)59-53-47-41-37-33-29-23-17-11-3)78-114-118(7,108)112-71-67-95-93(106)88(73-80-61-63-83(99)64-62-80)94(107)96-68-72-113-119(8,109)115-79-82(98-90(103)75-85(101)56-50-46-40-36-32-28-22-16-10-2)77-111-70-66-87(58-52-44-26-20-14-6)117-92(105)60-54-48-42-38-34-30-24-18-12-4/h37-38,41-42,61-64,81-82,86-88,99H,9-36,39-40,43-60,65-79H2,1-8H3,(H,95,106)(H,96,107)(H,97,102)(H,98,103)/b41-37-,42-38-. The number of hydrogen-bond acceptors (Lipinski definition) is 19. The number of nitrogens with one attached hydrogen (secondary N) is 4. The molecule has 688 valence electrons. The maximum Gasteiger partial charge on any atom is 0.327 e. The molecule has 0 heterocycles. The van der Waals surface area contributed by atoms with Gasteiger partial charge in [-0.3, -0.25) is 47.5 Å². The van der Waals surface area contributed by atoms with Crippen LogP contribution in [0.4, 0.5) is 0 Å². The summed E-state index contributed by atoms with van der Waals surface area (Å²) < 4.78 is 75.3. The van der Waals surface area contributed by atoms with Crippen molar-refractivity contribution in [1.82, 2.24) is 21.3 Å². The summed E-state index contributed by atoms with van der Waals surface area (Å²) in [5.74, 6) is -4.74. The zero-order valence-corrected chi connectivity index (χ0v) is 77.5. The molecule has 5 N–H and O–H groups in total. The molecule has 0 aromatic heterocycles. The molecule has 0 aliphatic carbocycles. The summed E-state index contributed by atoms with van der Waals surface area (Å²) in [6.07, 6.45) is 55.3. The second kappa shape index (κ2) is 77.7. The first-order chi connectivity index (χ1) is 57.6. The lowest BCUT2D eigenvalue weighted by molar-refractivity contribution is -0.151. The van der Waals surface area contributed by atoms with Gasteiger partial charge in [0.25, 0.3) is 0 Å². The third-order valence-corrected chi connectivity index (χ3v) is 23.5. The average molecular weight is 1720 g/mol. The van der Waals surface area contributed by atoms with Gasteiger partial charge in [-0.15, -0.1) is 0 Å². The van der Waals surface area contributed by atoms with E-state index in [4.69, 9.17) is 37.0 Å². The van der Waals surface area contributed by atoms with Gasteiger partial charge in [0.1, 0.15) is 35.4 Å². The zero-order valence-electron chi connectivity index (χ0n) is 75.7. The van der Waals surface area contributed by atoms with Crippen LogP contribution in [0.15, 0.2) is 48.6 Å². The van der Waals surface area contributed by atoms with Gasteiger partial charge in [0.05, 0.1) is 77.8 Å². The maximum atomic E-state index is 14.0. The number of allylic oxidation sites excluding steroid dienone is 4. The van der Waals surface area contributed by atoms with Crippen molar-refractivity contribution in [2.45, 2.75) is 406 Å². The van der Waals surface area contributed by atoms with Crippen molar-refractivity contribution in [2.75, 3.05) is 79.3 Å². The van der Waals surface area contributed by atoms with Crippen molar-refractivity contribution in [3.05, 3.63) is 54.1 Å². The summed E-state index contributed by atoms with van der Waals surface area (Å²) in [4.78, 5) is 107.